The Morgan fingerprint density at radius 3 is 2.73 bits per heavy atom. The molecule has 0 saturated carbocycles. The van der Waals surface area contributed by atoms with E-state index in [2.05, 4.69) is 47.0 Å². The lowest BCUT2D eigenvalue weighted by Gasteiger charge is -2.14. The second kappa shape index (κ2) is 14.1. The first-order chi connectivity index (χ1) is 21.3. The van der Waals surface area contributed by atoms with Crippen molar-refractivity contribution in [3.8, 4) is 11.3 Å². The van der Waals surface area contributed by atoms with Gasteiger partial charge in [-0.15, -0.1) is 0 Å². The number of hydrogen-bond donors (Lipinski definition) is 4. The Bertz CT molecular complexity index is 1780. The van der Waals surface area contributed by atoms with E-state index < -0.39 is 0 Å². The maximum absolute atomic E-state index is 12.4. The minimum absolute atomic E-state index is 0.0909. The largest absolute Gasteiger partial charge is 0.396 e. The number of amides is 1. The topological polar surface area (TPSA) is 133 Å². The molecule has 1 amide bonds. The van der Waals surface area contributed by atoms with Gasteiger partial charge in [0, 0.05) is 60.7 Å². The maximum atomic E-state index is 12.4. The van der Waals surface area contributed by atoms with Crippen molar-refractivity contribution in [2.75, 3.05) is 49.7 Å². The average molecular weight is 594 g/mol. The summed E-state index contributed by atoms with van der Waals surface area (Å²) in [4.78, 5) is 28.6. The molecule has 0 fully saturated rings. The summed E-state index contributed by atoms with van der Waals surface area (Å²) in [6.07, 6.45) is 7.61. The summed E-state index contributed by atoms with van der Waals surface area (Å²) in [5.41, 5.74) is 5.37. The number of aliphatic hydroxyl groups is 1. The molecule has 0 aliphatic carbocycles. The maximum Gasteiger partial charge on any atom is 0.248 e. The van der Waals surface area contributed by atoms with Gasteiger partial charge in [0.15, 0.2) is 5.65 Å². The van der Waals surface area contributed by atoms with Crippen molar-refractivity contribution in [3.05, 3.63) is 84.2 Å². The van der Waals surface area contributed by atoms with E-state index in [1.807, 2.05) is 67.7 Å². The van der Waals surface area contributed by atoms with Crippen molar-refractivity contribution >= 4 is 39.9 Å². The van der Waals surface area contributed by atoms with Gasteiger partial charge in [-0.25, -0.2) is 0 Å². The fraction of sp³-hybridized carbons (Fsp3) is 0.303. The summed E-state index contributed by atoms with van der Waals surface area (Å²) in [7, 11) is 3.91. The Kier molecular flexibility index (Phi) is 9.78. The minimum atomic E-state index is -0.167. The molecule has 44 heavy (non-hydrogen) atoms. The number of hydrogen-bond acceptors (Lipinski definition) is 9. The highest BCUT2D eigenvalue weighted by molar-refractivity contribution is 6.02. The molecule has 0 atom stereocenters. The van der Waals surface area contributed by atoms with Crippen LogP contribution in [0.25, 0.3) is 27.7 Å². The van der Waals surface area contributed by atoms with Gasteiger partial charge in [0.05, 0.1) is 11.9 Å². The van der Waals surface area contributed by atoms with Crippen LogP contribution in [0, 0.1) is 0 Å². The smallest absolute Gasteiger partial charge is 0.248 e. The first kappa shape index (κ1) is 30.6. The lowest BCUT2D eigenvalue weighted by atomic mass is 9.99. The van der Waals surface area contributed by atoms with Gasteiger partial charge in [-0.1, -0.05) is 50.3 Å². The van der Waals surface area contributed by atoms with Gasteiger partial charge in [-0.05, 0) is 55.6 Å². The van der Waals surface area contributed by atoms with Gasteiger partial charge in [0.1, 0.15) is 0 Å². The SMILES string of the molecule is CC(C)c1cnn2c(NCc3ccccc3-c3nccc4cc(NC(=O)/C=C/CN(C)C)ccc34)nc(NCCCO)nc12. The molecule has 11 nitrogen and oxygen atoms in total. The van der Waals surface area contributed by atoms with Crippen LogP contribution < -0.4 is 16.0 Å². The Labute approximate surface area is 257 Å². The van der Waals surface area contributed by atoms with Crippen LogP contribution in [0.5, 0.6) is 0 Å². The Balaban J connectivity index is 1.42. The van der Waals surface area contributed by atoms with Crippen LogP contribution >= 0.6 is 0 Å². The number of nitrogens with one attached hydrogen (secondary N) is 3. The molecule has 0 radical (unpaired) electrons. The number of carbonyl (C=O) groups excluding carboxylic acids is 1. The lowest BCUT2D eigenvalue weighted by molar-refractivity contribution is -0.111. The summed E-state index contributed by atoms with van der Waals surface area (Å²) >= 11 is 0. The predicted molar refractivity (Wildman–Crippen MR) is 176 cm³/mol. The summed E-state index contributed by atoms with van der Waals surface area (Å²) in [5.74, 6) is 1.12. The molecule has 5 rings (SSSR count). The minimum Gasteiger partial charge on any atom is -0.396 e. The molecule has 11 heteroatoms. The van der Waals surface area contributed by atoms with Crippen LogP contribution in [-0.4, -0.2) is 74.3 Å². The molecule has 4 N–H and O–H groups in total. The number of benzene rings is 2. The molecule has 0 spiro atoms. The number of pyridine rings is 1. The molecule has 228 valence electrons. The number of fused-ring (bicyclic) bond motifs is 2. The average Bonchev–Trinajstić information content (AvgIpc) is 3.44. The third-order valence-electron chi connectivity index (χ3n) is 7.12. The van der Waals surface area contributed by atoms with Gasteiger partial charge < -0.3 is 26.0 Å². The van der Waals surface area contributed by atoms with Gasteiger partial charge in [-0.3, -0.25) is 9.78 Å². The number of aliphatic hydroxyl groups excluding tert-OH is 1. The predicted octanol–water partition coefficient (Wildman–Crippen LogP) is 4.93. The van der Waals surface area contributed by atoms with E-state index in [0.717, 1.165) is 44.5 Å². The molecule has 0 unspecified atom stereocenters. The number of nitrogens with zero attached hydrogens (tertiary/aromatic N) is 6. The first-order valence-electron chi connectivity index (χ1n) is 14.8. The van der Waals surface area contributed by atoms with Crippen LogP contribution in [0.3, 0.4) is 0 Å². The van der Waals surface area contributed by atoms with Crippen molar-refractivity contribution in [3.63, 3.8) is 0 Å². The highest BCUT2D eigenvalue weighted by Crippen LogP contribution is 2.31. The van der Waals surface area contributed by atoms with Gasteiger partial charge in [0.2, 0.25) is 17.8 Å². The molecular formula is C33H39N9O2. The Morgan fingerprint density at radius 1 is 1.09 bits per heavy atom. The molecular weight excluding hydrogens is 554 g/mol. The van der Waals surface area contributed by atoms with Crippen LogP contribution in [0.1, 0.15) is 37.3 Å². The zero-order valence-electron chi connectivity index (χ0n) is 25.6. The van der Waals surface area contributed by atoms with E-state index in [-0.39, 0.29) is 18.4 Å². The zero-order chi connectivity index (χ0) is 31.1. The van der Waals surface area contributed by atoms with Crippen molar-refractivity contribution in [2.24, 2.45) is 0 Å². The normalized spacial score (nSPS) is 11.7. The second-order valence-electron chi connectivity index (χ2n) is 11.1. The quantitative estimate of drug-likeness (QED) is 0.111. The van der Waals surface area contributed by atoms with Crippen LogP contribution in [-0.2, 0) is 11.3 Å². The summed E-state index contributed by atoms with van der Waals surface area (Å²) in [6, 6.07) is 15.9. The number of anilines is 3. The number of aromatic nitrogens is 5. The van der Waals surface area contributed by atoms with E-state index in [9.17, 15) is 9.90 Å². The number of likely N-dealkylation sites (N-methyl/N-ethyl adjacent to an activating group) is 1. The second-order valence-corrected chi connectivity index (χ2v) is 11.1. The van der Waals surface area contributed by atoms with Crippen LogP contribution in [0.2, 0.25) is 0 Å². The first-order valence-corrected chi connectivity index (χ1v) is 14.8. The molecule has 0 bridgehead atoms. The molecule has 0 saturated heterocycles. The van der Waals surface area contributed by atoms with Gasteiger partial charge in [0.25, 0.3) is 0 Å². The lowest BCUT2D eigenvalue weighted by Crippen LogP contribution is -2.14. The molecule has 0 aliphatic heterocycles. The summed E-state index contributed by atoms with van der Waals surface area (Å²) in [6.45, 7) is 6.04. The molecule has 0 aliphatic rings. The monoisotopic (exact) mass is 593 g/mol. The van der Waals surface area contributed by atoms with Gasteiger partial charge >= 0.3 is 0 Å². The Hall–Kier alpha value is -4.87. The van der Waals surface area contributed by atoms with E-state index in [1.54, 1.807) is 16.8 Å². The molecule has 3 aromatic heterocycles. The highest BCUT2D eigenvalue weighted by Gasteiger charge is 2.16. The number of rotatable bonds is 13. The van der Waals surface area contributed by atoms with E-state index in [1.165, 1.54) is 0 Å². The zero-order valence-corrected chi connectivity index (χ0v) is 25.6. The van der Waals surface area contributed by atoms with Crippen LogP contribution in [0.15, 0.2) is 73.1 Å². The summed E-state index contributed by atoms with van der Waals surface area (Å²) in [5, 5.41) is 25.4. The van der Waals surface area contributed by atoms with E-state index in [0.29, 0.717) is 38.0 Å². The molecule has 2 aromatic carbocycles. The van der Waals surface area contributed by atoms with E-state index in [4.69, 9.17) is 15.0 Å². The molecule has 5 aromatic rings. The Morgan fingerprint density at radius 2 is 1.93 bits per heavy atom. The third-order valence-corrected chi connectivity index (χ3v) is 7.12. The standard InChI is InChI=1S/C33H39N9O2/c1-22(2)28-21-37-42-31(28)39-32(35-15-8-18-43)40-33(42)36-20-24-9-5-6-10-26(24)30-27-13-12-25(19-23(27)14-16-34-30)38-29(44)11-7-17-41(3)4/h5-7,9-14,16,19,21-22,43H,8,15,17-18,20H2,1-4H3,(H,38,44)(H2,35,36,39,40)/b11-7+. The fourth-order valence-electron chi connectivity index (χ4n) is 4.88. The number of carbonyl (C=O) groups is 1. The highest BCUT2D eigenvalue weighted by atomic mass is 16.3. The summed E-state index contributed by atoms with van der Waals surface area (Å²) < 4.78 is 1.73. The van der Waals surface area contributed by atoms with Gasteiger partial charge in [-0.2, -0.15) is 19.6 Å². The van der Waals surface area contributed by atoms with Crippen molar-refractivity contribution in [1.29, 1.82) is 0 Å². The van der Waals surface area contributed by atoms with Crippen molar-refractivity contribution < 1.29 is 9.90 Å². The van der Waals surface area contributed by atoms with Crippen LogP contribution in [0.4, 0.5) is 17.6 Å². The molecule has 3 heterocycles. The van der Waals surface area contributed by atoms with E-state index >= 15 is 0 Å². The fourth-order valence-corrected chi connectivity index (χ4v) is 4.88. The third kappa shape index (κ3) is 7.19. The van der Waals surface area contributed by atoms with Crippen molar-refractivity contribution in [2.45, 2.75) is 32.7 Å². The van der Waals surface area contributed by atoms with Crippen molar-refractivity contribution in [1.82, 2.24) is 29.5 Å².